The second-order valence-electron chi connectivity index (χ2n) is 5.63. The fourth-order valence-corrected chi connectivity index (χ4v) is 3.10. The Balaban J connectivity index is 1.81. The number of anilines is 1. The molecule has 1 saturated heterocycles. The van der Waals surface area contributed by atoms with Crippen LogP contribution in [0, 0.1) is 18.8 Å². The highest BCUT2D eigenvalue weighted by molar-refractivity contribution is 7.09. The van der Waals surface area contributed by atoms with E-state index in [0.717, 1.165) is 49.0 Å². The quantitative estimate of drug-likeness (QED) is 0.890. The smallest absolute Gasteiger partial charge is 0.205 e. The van der Waals surface area contributed by atoms with E-state index in [0.29, 0.717) is 0 Å². The normalized spacial score (nSPS) is 20.7. The fourth-order valence-electron chi connectivity index (χ4n) is 2.40. The minimum Gasteiger partial charge on any atom is -0.347 e. The third kappa shape index (κ3) is 3.92. The van der Waals surface area contributed by atoms with E-state index in [9.17, 15) is 0 Å². The largest absolute Gasteiger partial charge is 0.347 e. The molecule has 0 aliphatic carbocycles. The van der Waals surface area contributed by atoms with E-state index in [1.165, 1.54) is 24.4 Å². The molecule has 1 aliphatic heterocycles. The van der Waals surface area contributed by atoms with Gasteiger partial charge < -0.3 is 10.2 Å². The Labute approximate surface area is 114 Å². The van der Waals surface area contributed by atoms with Crippen molar-refractivity contribution in [2.75, 3.05) is 31.1 Å². The van der Waals surface area contributed by atoms with E-state index in [4.69, 9.17) is 0 Å². The van der Waals surface area contributed by atoms with Crippen LogP contribution >= 0.6 is 11.5 Å². The van der Waals surface area contributed by atoms with Crippen LogP contribution in [0.5, 0.6) is 0 Å². The van der Waals surface area contributed by atoms with Gasteiger partial charge in [0.2, 0.25) is 5.13 Å². The van der Waals surface area contributed by atoms with Crippen molar-refractivity contribution in [2.45, 2.75) is 33.6 Å². The van der Waals surface area contributed by atoms with Crippen LogP contribution in [0.2, 0.25) is 0 Å². The minimum absolute atomic E-state index is 0.732. The van der Waals surface area contributed by atoms with Gasteiger partial charge in [-0.2, -0.15) is 4.37 Å². The Kier molecular flexibility index (Phi) is 4.95. The summed E-state index contributed by atoms with van der Waals surface area (Å²) in [7, 11) is 0. The number of nitrogens with one attached hydrogen (secondary N) is 1. The summed E-state index contributed by atoms with van der Waals surface area (Å²) in [6, 6.07) is 0. The molecular formula is C13H24N4S. The third-order valence-corrected chi connectivity index (χ3v) is 4.16. The highest BCUT2D eigenvalue weighted by Gasteiger charge is 2.21. The van der Waals surface area contributed by atoms with E-state index < -0.39 is 0 Å². The van der Waals surface area contributed by atoms with Crippen LogP contribution in [-0.4, -0.2) is 35.5 Å². The first-order valence-electron chi connectivity index (χ1n) is 6.91. The lowest BCUT2D eigenvalue weighted by atomic mass is 9.98. The highest BCUT2D eigenvalue weighted by Crippen LogP contribution is 2.24. The molecule has 0 saturated carbocycles. The zero-order chi connectivity index (χ0) is 13.0. The number of piperidine rings is 1. The second-order valence-corrected chi connectivity index (χ2v) is 6.36. The number of hydrogen-bond acceptors (Lipinski definition) is 5. The summed E-state index contributed by atoms with van der Waals surface area (Å²) in [5.74, 6) is 2.38. The Morgan fingerprint density at radius 2 is 2.33 bits per heavy atom. The van der Waals surface area contributed by atoms with Gasteiger partial charge in [-0.05, 0) is 44.7 Å². The molecule has 1 unspecified atom stereocenters. The summed E-state index contributed by atoms with van der Waals surface area (Å²) in [5.41, 5.74) is 0. The van der Waals surface area contributed by atoms with Gasteiger partial charge >= 0.3 is 0 Å². The third-order valence-electron chi connectivity index (χ3n) is 3.29. The van der Waals surface area contributed by atoms with Gasteiger partial charge in [0.1, 0.15) is 5.82 Å². The lowest BCUT2D eigenvalue weighted by molar-refractivity contribution is 0.382. The molecule has 2 heterocycles. The molecule has 1 aromatic rings. The summed E-state index contributed by atoms with van der Waals surface area (Å²) in [4.78, 5) is 6.89. The molecule has 4 nitrogen and oxygen atoms in total. The number of rotatable bonds is 5. The first-order chi connectivity index (χ1) is 8.65. The first-order valence-corrected chi connectivity index (χ1v) is 7.68. The maximum Gasteiger partial charge on any atom is 0.205 e. The summed E-state index contributed by atoms with van der Waals surface area (Å²) < 4.78 is 4.28. The van der Waals surface area contributed by atoms with Crippen molar-refractivity contribution in [3.8, 4) is 0 Å². The molecular weight excluding hydrogens is 244 g/mol. The van der Waals surface area contributed by atoms with E-state index in [1.807, 2.05) is 6.92 Å². The summed E-state index contributed by atoms with van der Waals surface area (Å²) >= 11 is 1.53. The Morgan fingerprint density at radius 1 is 1.50 bits per heavy atom. The molecule has 5 heteroatoms. The van der Waals surface area contributed by atoms with E-state index in [2.05, 4.69) is 33.4 Å². The van der Waals surface area contributed by atoms with Gasteiger partial charge in [-0.3, -0.25) is 0 Å². The van der Waals surface area contributed by atoms with Crippen molar-refractivity contribution >= 4 is 16.7 Å². The SMILES string of the molecule is Cc1nsc(N2CCCC(CNCC(C)C)C2)n1. The van der Waals surface area contributed by atoms with E-state index >= 15 is 0 Å². The van der Waals surface area contributed by atoms with Gasteiger partial charge in [0, 0.05) is 24.6 Å². The van der Waals surface area contributed by atoms with Gasteiger partial charge in [0.05, 0.1) is 0 Å². The molecule has 0 radical (unpaired) electrons. The Morgan fingerprint density at radius 3 is 3.00 bits per heavy atom. The van der Waals surface area contributed by atoms with Gasteiger partial charge in [0.15, 0.2) is 0 Å². The summed E-state index contributed by atoms with van der Waals surface area (Å²) in [6.45, 7) is 11.0. The van der Waals surface area contributed by atoms with Crippen molar-refractivity contribution in [1.29, 1.82) is 0 Å². The molecule has 0 spiro atoms. The van der Waals surface area contributed by atoms with Crippen molar-refractivity contribution in [2.24, 2.45) is 11.8 Å². The molecule has 1 N–H and O–H groups in total. The van der Waals surface area contributed by atoms with Crippen LogP contribution in [-0.2, 0) is 0 Å². The predicted molar refractivity (Wildman–Crippen MR) is 77.3 cm³/mol. The molecule has 1 aliphatic rings. The number of hydrogen-bond donors (Lipinski definition) is 1. The highest BCUT2D eigenvalue weighted by atomic mass is 32.1. The monoisotopic (exact) mass is 268 g/mol. The number of aromatic nitrogens is 2. The second kappa shape index (κ2) is 6.48. The maximum absolute atomic E-state index is 4.49. The van der Waals surface area contributed by atoms with Gasteiger partial charge in [0.25, 0.3) is 0 Å². The fraction of sp³-hybridized carbons (Fsp3) is 0.846. The molecule has 2 rings (SSSR count). The lowest BCUT2D eigenvalue weighted by Crippen LogP contribution is -2.40. The van der Waals surface area contributed by atoms with Crippen LogP contribution < -0.4 is 10.2 Å². The standard InChI is InChI=1S/C13H24N4S/c1-10(2)7-14-8-12-5-4-6-17(9-12)13-15-11(3)16-18-13/h10,12,14H,4-9H2,1-3H3. The average Bonchev–Trinajstić information content (AvgIpc) is 2.76. The van der Waals surface area contributed by atoms with Crippen molar-refractivity contribution in [3.05, 3.63) is 5.82 Å². The maximum atomic E-state index is 4.49. The Hall–Kier alpha value is -0.680. The molecule has 0 aromatic carbocycles. The van der Waals surface area contributed by atoms with Crippen LogP contribution in [0.1, 0.15) is 32.5 Å². The van der Waals surface area contributed by atoms with Crippen LogP contribution in [0.3, 0.4) is 0 Å². The molecule has 0 amide bonds. The van der Waals surface area contributed by atoms with E-state index in [1.54, 1.807) is 0 Å². The van der Waals surface area contributed by atoms with Crippen molar-refractivity contribution in [3.63, 3.8) is 0 Å². The summed E-state index contributed by atoms with van der Waals surface area (Å²) in [6.07, 6.45) is 2.60. The van der Waals surface area contributed by atoms with Crippen LogP contribution in [0.15, 0.2) is 0 Å². The Bertz CT molecular complexity index is 364. The van der Waals surface area contributed by atoms with Gasteiger partial charge in [-0.1, -0.05) is 13.8 Å². The van der Waals surface area contributed by atoms with Crippen molar-refractivity contribution < 1.29 is 0 Å². The molecule has 1 fully saturated rings. The molecule has 1 aromatic heterocycles. The van der Waals surface area contributed by atoms with Crippen LogP contribution in [0.4, 0.5) is 5.13 Å². The molecule has 102 valence electrons. The minimum atomic E-state index is 0.732. The first kappa shape index (κ1) is 13.7. The number of aryl methyl sites for hydroxylation is 1. The van der Waals surface area contributed by atoms with Crippen LogP contribution in [0.25, 0.3) is 0 Å². The molecule has 1 atom stereocenters. The topological polar surface area (TPSA) is 41.1 Å². The summed E-state index contributed by atoms with van der Waals surface area (Å²) in [5, 5.41) is 4.67. The van der Waals surface area contributed by atoms with Gasteiger partial charge in [-0.25, -0.2) is 4.98 Å². The van der Waals surface area contributed by atoms with E-state index in [-0.39, 0.29) is 0 Å². The van der Waals surface area contributed by atoms with Crippen molar-refractivity contribution in [1.82, 2.24) is 14.7 Å². The zero-order valence-electron chi connectivity index (χ0n) is 11.6. The average molecular weight is 268 g/mol. The van der Waals surface area contributed by atoms with Gasteiger partial charge in [-0.15, -0.1) is 0 Å². The molecule has 18 heavy (non-hydrogen) atoms. The lowest BCUT2D eigenvalue weighted by Gasteiger charge is -2.32. The number of nitrogens with zero attached hydrogens (tertiary/aromatic N) is 3. The molecule has 0 bridgehead atoms. The predicted octanol–water partition coefficient (Wildman–Crippen LogP) is 2.31. The zero-order valence-corrected chi connectivity index (χ0v) is 12.5.